The largest absolute Gasteiger partial charge is 0.308 e. The summed E-state index contributed by atoms with van der Waals surface area (Å²) in [6.07, 6.45) is 0. The first kappa shape index (κ1) is 12.2. The van der Waals surface area contributed by atoms with Gasteiger partial charge >= 0.3 is 0 Å². The summed E-state index contributed by atoms with van der Waals surface area (Å²) in [6.45, 7) is 0.242. The highest BCUT2D eigenvalue weighted by Crippen LogP contribution is 2.06. The first-order valence-electron chi connectivity index (χ1n) is 6.03. The minimum Gasteiger partial charge on any atom is -0.308 e. The van der Waals surface area contributed by atoms with E-state index in [-0.39, 0.29) is 12.1 Å². The zero-order valence-corrected chi connectivity index (χ0v) is 10.5. The molecule has 0 radical (unpaired) electrons. The molecule has 3 rings (SSSR count). The normalized spacial score (nSPS) is 10.7. The molecule has 0 spiro atoms. The van der Waals surface area contributed by atoms with Gasteiger partial charge < -0.3 is 5.43 Å². The molecule has 1 aromatic carbocycles. The Kier molecular flexibility index (Phi) is 3.10. The number of anilines is 1. The van der Waals surface area contributed by atoms with Crippen LogP contribution in [0, 0.1) is 0 Å². The molecule has 0 amide bonds. The van der Waals surface area contributed by atoms with Crippen LogP contribution in [0.15, 0.2) is 47.3 Å². The average Bonchev–Trinajstić information content (AvgIpc) is 2.50. The highest BCUT2D eigenvalue weighted by Gasteiger charge is 2.06. The van der Waals surface area contributed by atoms with Crippen molar-refractivity contribution in [2.24, 2.45) is 5.84 Å². The lowest BCUT2D eigenvalue weighted by atomic mass is 10.2. The van der Waals surface area contributed by atoms with Crippen LogP contribution in [0.1, 0.15) is 5.69 Å². The Labute approximate surface area is 114 Å². The van der Waals surface area contributed by atoms with Crippen molar-refractivity contribution in [1.29, 1.82) is 0 Å². The topological polar surface area (TPSA) is 98.7 Å². The summed E-state index contributed by atoms with van der Waals surface area (Å²) in [5.41, 5.74) is 3.53. The summed E-state index contributed by atoms with van der Waals surface area (Å²) in [6, 6.07) is 12.4. The third kappa shape index (κ3) is 2.21. The van der Waals surface area contributed by atoms with E-state index in [2.05, 4.69) is 20.7 Å². The van der Waals surface area contributed by atoms with E-state index in [1.165, 1.54) is 4.68 Å². The Bertz CT molecular complexity index is 813. The Hall–Kier alpha value is -2.80. The van der Waals surface area contributed by atoms with Gasteiger partial charge in [-0.05, 0) is 24.3 Å². The Morgan fingerprint density at radius 3 is 2.85 bits per heavy atom. The minimum absolute atomic E-state index is 0.191. The summed E-state index contributed by atoms with van der Waals surface area (Å²) in [7, 11) is 0. The van der Waals surface area contributed by atoms with Crippen LogP contribution in [0.5, 0.6) is 0 Å². The molecule has 0 fully saturated rings. The minimum atomic E-state index is -0.191. The molecular formula is C13H12N6O. The molecule has 0 aliphatic carbocycles. The molecule has 0 atom stereocenters. The van der Waals surface area contributed by atoms with Gasteiger partial charge in [0, 0.05) is 0 Å². The average molecular weight is 268 g/mol. The number of hydrogen-bond donors (Lipinski definition) is 2. The van der Waals surface area contributed by atoms with Gasteiger partial charge in [-0.25, -0.2) is 15.5 Å². The molecule has 0 aliphatic heterocycles. The zero-order chi connectivity index (χ0) is 13.9. The monoisotopic (exact) mass is 268 g/mol. The highest BCUT2D eigenvalue weighted by atomic mass is 16.1. The van der Waals surface area contributed by atoms with Crippen LogP contribution in [-0.4, -0.2) is 20.0 Å². The van der Waals surface area contributed by atoms with Gasteiger partial charge in [0.25, 0.3) is 5.56 Å². The SMILES string of the molecule is NNc1cccc(Cn2nnc3ccccc3c2=O)n1. The van der Waals surface area contributed by atoms with Crippen molar-refractivity contribution < 1.29 is 0 Å². The molecule has 0 saturated carbocycles. The Morgan fingerprint density at radius 2 is 2.00 bits per heavy atom. The van der Waals surface area contributed by atoms with E-state index in [4.69, 9.17) is 5.84 Å². The fourth-order valence-electron chi connectivity index (χ4n) is 1.93. The van der Waals surface area contributed by atoms with Gasteiger partial charge in [-0.1, -0.05) is 23.4 Å². The number of nitrogen functional groups attached to an aromatic ring is 1. The smallest absolute Gasteiger partial charge is 0.277 e. The second kappa shape index (κ2) is 5.06. The zero-order valence-electron chi connectivity index (χ0n) is 10.5. The molecule has 0 saturated heterocycles. The van der Waals surface area contributed by atoms with Gasteiger partial charge in [-0.15, -0.1) is 5.10 Å². The summed E-state index contributed by atoms with van der Waals surface area (Å²) in [4.78, 5) is 16.5. The Balaban J connectivity index is 2.02. The van der Waals surface area contributed by atoms with Crippen molar-refractivity contribution >= 4 is 16.7 Å². The van der Waals surface area contributed by atoms with Crippen LogP contribution >= 0.6 is 0 Å². The van der Waals surface area contributed by atoms with Crippen LogP contribution in [0.25, 0.3) is 10.9 Å². The molecule has 100 valence electrons. The summed E-state index contributed by atoms with van der Waals surface area (Å²) < 4.78 is 1.28. The molecule has 2 aromatic heterocycles. The number of pyridine rings is 1. The third-order valence-electron chi connectivity index (χ3n) is 2.90. The number of nitrogens with one attached hydrogen (secondary N) is 1. The van der Waals surface area contributed by atoms with Crippen LogP contribution in [0.4, 0.5) is 5.82 Å². The molecule has 20 heavy (non-hydrogen) atoms. The highest BCUT2D eigenvalue weighted by molar-refractivity contribution is 5.76. The van der Waals surface area contributed by atoms with Gasteiger partial charge in [-0.2, -0.15) is 0 Å². The van der Waals surface area contributed by atoms with E-state index in [1.807, 2.05) is 6.07 Å². The number of nitrogens with zero attached hydrogens (tertiary/aromatic N) is 4. The van der Waals surface area contributed by atoms with Crippen molar-refractivity contribution in [3.8, 4) is 0 Å². The number of rotatable bonds is 3. The van der Waals surface area contributed by atoms with Gasteiger partial charge in [0.1, 0.15) is 11.3 Å². The van der Waals surface area contributed by atoms with Gasteiger partial charge in [-0.3, -0.25) is 4.79 Å². The first-order valence-corrected chi connectivity index (χ1v) is 6.03. The summed E-state index contributed by atoms with van der Waals surface area (Å²) in [5, 5.41) is 8.48. The van der Waals surface area contributed by atoms with E-state index in [0.29, 0.717) is 22.4 Å². The van der Waals surface area contributed by atoms with Crippen molar-refractivity contribution in [1.82, 2.24) is 20.0 Å². The molecule has 7 heteroatoms. The first-order chi connectivity index (χ1) is 9.78. The number of fused-ring (bicyclic) bond motifs is 1. The molecular weight excluding hydrogens is 256 g/mol. The molecule has 7 nitrogen and oxygen atoms in total. The third-order valence-corrected chi connectivity index (χ3v) is 2.90. The quantitative estimate of drug-likeness (QED) is 0.531. The van der Waals surface area contributed by atoms with Crippen molar-refractivity contribution in [2.75, 3.05) is 5.43 Å². The van der Waals surface area contributed by atoms with Crippen LogP contribution in [-0.2, 0) is 6.54 Å². The van der Waals surface area contributed by atoms with Crippen molar-refractivity contribution in [3.63, 3.8) is 0 Å². The summed E-state index contributed by atoms with van der Waals surface area (Å²) in [5.74, 6) is 5.84. The number of benzene rings is 1. The number of hydrogen-bond acceptors (Lipinski definition) is 6. The molecule has 0 unspecified atom stereocenters. The predicted octanol–water partition coefficient (Wildman–Crippen LogP) is 0.520. The van der Waals surface area contributed by atoms with E-state index < -0.39 is 0 Å². The molecule has 3 N–H and O–H groups in total. The molecule has 2 heterocycles. The fourth-order valence-corrected chi connectivity index (χ4v) is 1.93. The van der Waals surface area contributed by atoms with E-state index >= 15 is 0 Å². The molecule has 0 bridgehead atoms. The lowest BCUT2D eigenvalue weighted by Gasteiger charge is -2.06. The maximum atomic E-state index is 12.3. The standard InChI is InChI=1S/C13H12N6O/c14-16-12-7-3-4-9(15-12)8-19-13(20)10-5-1-2-6-11(10)17-18-19/h1-7H,8,14H2,(H,15,16). The maximum absolute atomic E-state index is 12.3. The van der Waals surface area contributed by atoms with Gasteiger partial charge in [0.15, 0.2) is 0 Å². The van der Waals surface area contributed by atoms with E-state index in [9.17, 15) is 4.79 Å². The number of nitrogens with two attached hydrogens (primary N) is 1. The van der Waals surface area contributed by atoms with Crippen LogP contribution in [0.2, 0.25) is 0 Å². The van der Waals surface area contributed by atoms with E-state index in [1.54, 1.807) is 36.4 Å². The number of hydrazine groups is 1. The second-order valence-electron chi connectivity index (χ2n) is 4.23. The lowest BCUT2D eigenvalue weighted by molar-refractivity contribution is 0.592. The predicted molar refractivity (Wildman–Crippen MR) is 74.9 cm³/mol. The molecule has 3 aromatic rings. The summed E-state index contributed by atoms with van der Waals surface area (Å²) >= 11 is 0. The van der Waals surface area contributed by atoms with Crippen LogP contribution in [0.3, 0.4) is 0 Å². The number of aromatic nitrogens is 4. The second-order valence-corrected chi connectivity index (χ2v) is 4.23. The lowest BCUT2D eigenvalue weighted by Crippen LogP contribution is -2.25. The van der Waals surface area contributed by atoms with Gasteiger partial charge in [0.2, 0.25) is 0 Å². The van der Waals surface area contributed by atoms with Crippen LogP contribution < -0.4 is 16.8 Å². The van der Waals surface area contributed by atoms with E-state index in [0.717, 1.165) is 0 Å². The Morgan fingerprint density at radius 1 is 1.15 bits per heavy atom. The van der Waals surface area contributed by atoms with Crippen molar-refractivity contribution in [3.05, 3.63) is 58.5 Å². The fraction of sp³-hybridized carbons (Fsp3) is 0.0769. The molecule has 0 aliphatic rings. The van der Waals surface area contributed by atoms with Gasteiger partial charge in [0.05, 0.1) is 17.6 Å². The maximum Gasteiger partial charge on any atom is 0.277 e. The van der Waals surface area contributed by atoms with Crippen molar-refractivity contribution in [2.45, 2.75) is 6.54 Å².